The van der Waals surface area contributed by atoms with Crippen molar-refractivity contribution in [2.24, 2.45) is 0 Å². The van der Waals surface area contributed by atoms with E-state index in [2.05, 4.69) is 0 Å². The molecule has 1 N–H and O–H groups in total. The van der Waals surface area contributed by atoms with E-state index in [4.69, 9.17) is 0 Å². The number of aliphatic carboxylic acids is 1. The van der Waals surface area contributed by atoms with Crippen molar-refractivity contribution >= 4 is 52.9 Å². The Kier molecular flexibility index (Phi) is 7.19. The number of hydrogen-bond donors (Lipinski definition) is 1. The number of fused-ring (bicyclic) bond motifs is 2. The van der Waals surface area contributed by atoms with Crippen molar-refractivity contribution in [3.8, 4) is 0 Å². The highest BCUT2D eigenvalue weighted by molar-refractivity contribution is 6.07. The molecule has 1 fully saturated rings. The van der Waals surface area contributed by atoms with Crippen molar-refractivity contribution in [1.82, 2.24) is 9.80 Å². The lowest BCUT2D eigenvalue weighted by atomic mass is 10.1. The SMILES string of the molecule is Cc1ccc(N(C(=O)N2CCN(C(=O)N3c4ccccc4C=Cc4ccccc43)[C@H](C(=O)O)C2)c2ccccc2)cc1. The van der Waals surface area contributed by atoms with E-state index < -0.39 is 18.0 Å². The van der Waals surface area contributed by atoms with Crippen LogP contribution in [0, 0.1) is 6.92 Å². The molecule has 6 rings (SSSR count). The number of nitrogens with zero attached hydrogens (tertiary/aromatic N) is 4. The van der Waals surface area contributed by atoms with E-state index >= 15 is 0 Å². The van der Waals surface area contributed by atoms with E-state index in [9.17, 15) is 19.5 Å². The highest BCUT2D eigenvalue weighted by Crippen LogP contribution is 2.38. The molecule has 4 aromatic carbocycles. The molecule has 2 aliphatic heterocycles. The molecule has 0 unspecified atom stereocenters. The van der Waals surface area contributed by atoms with Crippen LogP contribution in [0.5, 0.6) is 0 Å². The molecule has 0 saturated carbocycles. The third-order valence-corrected chi connectivity index (χ3v) is 7.67. The van der Waals surface area contributed by atoms with E-state index in [0.29, 0.717) is 22.7 Å². The molecule has 0 spiro atoms. The number of aryl methyl sites for hydroxylation is 1. The van der Waals surface area contributed by atoms with Gasteiger partial charge in [-0.15, -0.1) is 0 Å². The number of carboxylic acid groups (broad SMARTS) is 1. The quantitative estimate of drug-likeness (QED) is 0.301. The summed E-state index contributed by atoms with van der Waals surface area (Å²) in [5.74, 6) is -1.17. The van der Waals surface area contributed by atoms with Gasteiger partial charge in [0.15, 0.2) is 0 Å². The van der Waals surface area contributed by atoms with Crippen LogP contribution < -0.4 is 9.80 Å². The highest BCUT2D eigenvalue weighted by atomic mass is 16.4. The van der Waals surface area contributed by atoms with Crippen LogP contribution in [0.15, 0.2) is 103 Å². The fraction of sp³-hybridized carbons (Fsp3) is 0.147. The summed E-state index contributed by atoms with van der Waals surface area (Å²) in [6, 6.07) is 29.9. The van der Waals surface area contributed by atoms with Gasteiger partial charge in [-0.05, 0) is 54.4 Å². The van der Waals surface area contributed by atoms with Crippen LogP contribution in [0.1, 0.15) is 16.7 Å². The molecule has 0 bridgehead atoms. The van der Waals surface area contributed by atoms with Crippen molar-refractivity contribution in [1.29, 1.82) is 0 Å². The summed E-state index contributed by atoms with van der Waals surface area (Å²) < 4.78 is 0. The summed E-state index contributed by atoms with van der Waals surface area (Å²) in [4.78, 5) is 47.0. The van der Waals surface area contributed by atoms with Gasteiger partial charge >= 0.3 is 18.0 Å². The molecular weight excluding hydrogens is 528 g/mol. The van der Waals surface area contributed by atoms with Crippen molar-refractivity contribution in [3.05, 3.63) is 120 Å². The van der Waals surface area contributed by atoms with Gasteiger partial charge in [0.2, 0.25) is 0 Å². The molecule has 8 heteroatoms. The van der Waals surface area contributed by atoms with E-state index in [-0.39, 0.29) is 25.7 Å². The lowest BCUT2D eigenvalue weighted by Crippen LogP contribution is -2.62. The van der Waals surface area contributed by atoms with Crippen molar-refractivity contribution in [2.45, 2.75) is 13.0 Å². The molecule has 4 amide bonds. The summed E-state index contributed by atoms with van der Waals surface area (Å²) in [6.45, 7) is 2.07. The number of carboxylic acids is 1. The van der Waals surface area contributed by atoms with Gasteiger partial charge in [-0.2, -0.15) is 0 Å². The lowest BCUT2D eigenvalue weighted by molar-refractivity contribution is -0.143. The van der Waals surface area contributed by atoms with Gasteiger partial charge in [0.25, 0.3) is 0 Å². The largest absolute Gasteiger partial charge is 0.480 e. The van der Waals surface area contributed by atoms with Gasteiger partial charge in [-0.3, -0.25) is 9.80 Å². The Morgan fingerprint density at radius 2 is 1.26 bits per heavy atom. The van der Waals surface area contributed by atoms with E-state index in [1.807, 2.05) is 122 Å². The van der Waals surface area contributed by atoms with E-state index in [1.165, 1.54) is 9.80 Å². The Hall–Kier alpha value is -5.37. The Morgan fingerprint density at radius 1 is 0.714 bits per heavy atom. The maximum Gasteiger partial charge on any atom is 0.330 e. The van der Waals surface area contributed by atoms with E-state index in [1.54, 1.807) is 9.80 Å². The summed E-state index contributed by atoms with van der Waals surface area (Å²) in [6.07, 6.45) is 3.91. The van der Waals surface area contributed by atoms with Crippen molar-refractivity contribution < 1.29 is 19.5 Å². The zero-order valence-corrected chi connectivity index (χ0v) is 23.1. The van der Waals surface area contributed by atoms with Gasteiger partial charge in [0.05, 0.1) is 29.3 Å². The molecule has 42 heavy (non-hydrogen) atoms. The number of amides is 4. The zero-order chi connectivity index (χ0) is 29.2. The molecule has 1 saturated heterocycles. The topological polar surface area (TPSA) is 84.4 Å². The van der Waals surface area contributed by atoms with E-state index in [0.717, 1.165) is 16.7 Å². The van der Waals surface area contributed by atoms with Crippen molar-refractivity contribution in [2.75, 3.05) is 29.4 Å². The molecule has 210 valence electrons. The second kappa shape index (κ2) is 11.2. The van der Waals surface area contributed by atoms with Crippen LogP contribution in [-0.2, 0) is 4.79 Å². The predicted molar refractivity (Wildman–Crippen MR) is 164 cm³/mol. The van der Waals surface area contributed by atoms with Gasteiger partial charge in [-0.1, -0.05) is 84.4 Å². The first-order valence-corrected chi connectivity index (χ1v) is 13.8. The third kappa shape index (κ3) is 4.99. The second-order valence-corrected chi connectivity index (χ2v) is 10.4. The maximum atomic E-state index is 14.3. The smallest absolute Gasteiger partial charge is 0.330 e. The minimum atomic E-state index is -1.23. The molecule has 4 aromatic rings. The summed E-state index contributed by atoms with van der Waals surface area (Å²) >= 11 is 0. The summed E-state index contributed by atoms with van der Waals surface area (Å²) in [7, 11) is 0. The van der Waals surface area contributed by atoms with Gasteiger partial charge in [-0.25, -0.2) is 14.4 Å². The Bertz CT molecular complexity index is 1620. The molecule has 0 aromatic heterocycles. The molecule has 8 nitrogen and oxygen atoms in total. The van der Waals surface area contributed by atoms with Crippen LogP contribution in [0.3, 0.4) is 0 Å². The fourth-order valence-electron chi connectivity index (χ4n) is 5.49. The number of hydrogen-bond acceptors (Lipinski definition) is 3. The minimum Gasteiger partial charge on any atom is -0.480 e. The van der Waals surface area contributed by atoms with Crippen LogP contribution in [0.4, 0.5) is 32.3 Å². The lowest BCUT2D eigenvalue weighted by Gasteiger charge is -2.42. The van der Waals surface area contributed by atoms with Crippen LogP contribution in [0.2, 0.25) is 0 Å². The van der Waals surface area contributed by atoms with Crippen LogP contribution >= 0.6 is 0 Å². The molecule has 2 aliphatic rings. The first-order chi connectivity index (χ1) is 20.4. The number of para-hydroxylation sites is 3. The van der Waals surface area contributed by atoms with Crippen LogP contribution in [-0.4, -0.2) is 58.6 Å². The third-order valence-electron chi connectivity index (χ3n) is 7.67. The summed E-state index contributed by atoms with van der Waals surface area (Å²) in [5.41, 5.74) is 5.43. The Labute approximate surface area is 244 Å². The number of rotatable bonds is 3. The number of carbonyl (C=O) groups is 3. The monoisotopic (exact) mass is 558 g/mol. The number of urea groups is 2. The first kappa shape index (κ1) is 26.8. The van der Waals surface area contributed by atoms with Gasteiger partial charge in [0.1, 0.15) is 6.04 Å². The average Bonchev–Trinajstić information content (AvgIpc) is 3.19. The fourth-order valence-corrected chi connectivity index (χ4v) is 5.49. The van der Waals surface area contributed by atoms with Gasteiger partial charge < -0.3 is 14.9 Å². The minimum absolute atomic E-state index is 0.0618. The summed E-state index contributed by atoms with van der Waals surface area (Å²) in [5, 5.41) is 10.3. The Balaban J connectivity index is 1.32. The zero-order valence-electron chi connectivity index (χ0n) is 23.1. The second-order valence-electron chi connectivity index (χ2n) is 10.4. The first-order valence-electron chi connectivity index (χ1n) is 13.8. The molecule has 2 heterocycles. The molecule has 0 radical (unpaired) electrons. The van der Waals surface area contributed by atoms with Gasteiger partial charge in [0, 0.05) is 13.1 Å². The van der Waals surface area contributed by atoms with Crippen LogP contribution in [0.25, 0.3) is 12.2 Å². The average molecular weight is 559 g/mol. The number of anilines is 4. The number of benzene rings is 4. The molecular formula is C34H30N4O4. The van der Waals surface area contributed by atoms with Crippen molar-refractivity contribution in [3.63, 3.8) is 0 Å². The number of carbonyl (C=O) groups excluding carboxylic acids is 2. The predicted octanol–water partition coefficient (Wildman–Crippen LogP) is 6.77. The normalized spacial score (nSPS) is 15.8. The Morgan fingerprint density at radius 3 is 1.86 bits per heavy atom. The maximum absolute atomic E-state index is 14.3. The standard InChI is InChI=1S/C34H30N4O4/c1-24-15-19-28(20-16-24)37(27-11-3-2-4-12-27)33(41)35-21-22-36(31(23-35)32(39)40)34(42)38-29-13-7-5-9-25(29)17-18-26-10-6-8-14-30(26)38/h2-20,31H,21-23H2,1H3,(H,39,40)/t31-/m0/s1. The highest BCUT2D eigenvalue weighted by Gasteiger charge is 2.41. The molecule has 1 atom stereocenters. The molecule has 0 aliphatic carbocycles. The number of piperazine rings is 1.